The van der Waals surface area contributed by atoms with Crippen LogP contribution in [0.4, 0.5) is 0 Å². The number of ether oxygens (including phenoxy) is 1. The Morgan fingerprint density at radius 2 is 2.30 bits per heavy atom. The first kappa shape index (κ1) is 14.2. The molecule has 2 aromatic rings. The summed E-state index contributed by atoms with van der Waals surface area (Å²) in [6, 6.07) is 8.78. The van der Waals surface area contributed by atoms with Crippen LogP contribution in [0, 0.1) is 0 Å². The Bertz CT molecular complexity index is 630. The van der Waals surface area contributed by atoms with Crippen molar-refractivity contribution < 1.29 is 9.53 Å². The third-order valence-corrected chi connectivity index (χ3v) is 2.97. The summed E-state index contributed by atoms with van der Waals surface area (Å²) in [6.45, 7) is 0. The number of nitrogens with zero attached hydrogens (tertiary/aromatic N) is 2. The fourth-order valence-corrected chi connectivity index (χ4v) is 1.87. The molecule has 0 unspecified atom stereocenters. The van der Waals surface area contributed by atoms with Crippen molar-refractivity contribution in [3.05, 3.63) is 58.3 Å². The zero-order valence-corrected chi connectivity index (χ0v) is 12.3. The number of aromatic nitrogens is 1. The average Bonchev–Trinajstić information content (AvgIpc) is 2.48. The lowest BCUT2D eigenvalue weighted by atomic mass is 10.2. The van der Waals surface area contributed by atoms with Crippen molar-refractivity contribution in [1.82, 2.24) is 10.4 Å². The summed E-state index contributed by atoms with van der Waals surface area (Å²) in [5.41, 5.74) is 3.67. The maximum atomic E-state index is 12.0. The number of nitrogens with one attached hydrogen (secondary N) is 1. The van der Waals surface area contributed by atoms with Gasteiger partial charge in [0.2, 0.25) is 0 Å². The van der Waals surface area contributed by atoms with Gasteiger partial charge in [-0.05, 0) is 24.3 Å². The topological polar surface area (TPSA) is 63.6 Å². The van der Waals surface area contributed by atoms with Crippen molar-refractivity contribution in [1.29, 1.82) is 0 Å². The Morgan fingerprint density at radius 1 is 1.45 bits per heavy atom. The fourth-order valence-electron chi connectivity index (χ4n) is 1.53. The van der Waals surface area contributed by atoms with Crippen molar-refractivity contribution >= 4 is 28.1 Å². The molecule has 1 aromatic carbocycles. The normalized spacial score (nSPS) is 10.5. The second kappa shape index (κ2) is 6.81. The van der Waals surface area contributed by atoms with Gasteiger partial charge in [0.1, 0.15) is 5.75 Å². The second-order valence-electron chi connectivity index (χ2n) is 3.83. The fraction of sp³-hybridized carbons (Fsp3) is 0.0714. The van der Waals surface area contributed by atoms with Gasteiger partial charge in [0.05, 0.1) is 18.9 Å². The maximum Gasteiger partial charge on any atom is 0.275 e. The number of halogens is 1. The van der Waals surface area contributed by atoms with Gasteiger partial charge < -0.3 is 4.74 Å². The molecule has 0 spiro atoms. The number of methoxy groups -OCH3 is 1. The van der Waals surface area contributed by atoms with Gasteiger partial charge in [0.25, 0.3) is 5.91 Å². The molecular formula is C14H12BrN3O2. The van der Waals surface area contributed by atoms with Crippen LogP contribution in [-0.4, -0.2) is 24.2 Å². The number of pyridine rings is 1. The van der Waals surface area contributed by atoms with E-state index in [1.54, 1.807) is 36.7 Å². The van der Waals surface area contributed by atoms with Gasteiger partial charge in [-0.1, -0.05) is 22.0 Å². The highest BCUT2D eigenvalue weighted by molar-refractivity contribution is 9.10. The van der Waals surface area contributed by atoms with Gasteiger partial charge in [-0.25, -0.2) is 5.43 Å². The molecule has 0 radical (unpaired) electrons. The van der Waals surface area contributed by atoms with E-state index in [-0.39, 0.29) is 5.91 Å². The van der Waals surface area contributed by atoms with Gasteiger partial charge in [-0.3, -0.25) is 9.78 Å². The highest BCUT2D eigenvalue weighted by Gasteiger charge is 2.11. The van der Waals surface area contributed by atoms with E-state index in [1.165, 1.54) is 13.3 Å². The monoisotopic (exact) mass is 333 g/mol. The summed E-state index contributed by atoms with van der Waals surface area (Å²) in [6.07, 6.45) is 4.84. The number of benzene rings is 1. The summed E-state index contributed by atoms with van der Waals surface area (Å²) >= 11 is 3.32. The van der Waals surface area contributed by atoms with Gasteiger partial charge in [0.15, 0.2) is 0 Å². The number of rotatable bonds is 4. The SMILES string of the molecule is COc1cc(Br)ccc1C(=O)N/N=C/c1cccnc1. The quantitative estimate of drug-likeness (QED) is 0.691. The number of hydrazone groups is 1. The van der Waals surface area contributed by atoms with Crippen LogP contribution in [-0.2, 0) is 0 Å². The van der Waals surface area contributed by atoms with Crippen LogP contribution in [0.2, 0.25) is 0 Å². The largest absolute Gasteiger partial charge is 0.496 e. The number of amides is 1. The van der Waals surface area contributed by atoms with Gasteiger partial charge >= 0.3 is 0 Å². The molecule has 1 heterocycles. The number of carbonyl (C=O) groups excluding carboxylic acids is 1. The summed E-state index contributed by atoms with van der Waals surface area (Å²) in [5.74, 6) is 0.142. The minimum Gasteiger partial charge on any atom is -0.496 e. The third-order valence-electron chi connectivity index (χ3n) is 2.47. The number of hydrogen-bond acceptors (Lipinski definition) is 4. The van der Waals surface area contributed by atoms with Crippen LogP contribution < -0.4 is 10.2 Å². The summed E-state index contributed by atoms with van der Waals surface area (Å²) in [7, 11) is 1.51. The van der Waals surface area contributed by atoms with E-state index < -0.39 is 0 Å². The van der Waals surface area contributed by atoms with E-state index in [4.69, 9.17) is 4.74 Å². The maximum absolute atomic E-state index is 12.0. The average molecular weight is 334 g/mol. The number of carbonyl (C=O) groups is 1. The zero-order chi connectivity index (χ0) is 14.4. The molecule has 2 rings (SSSR count). The molecule has 0 saturated heterocycles. The van der Waals surface area contributed by atoms with Crippen molar-refractivity contribution in [2.45, 2.75) is 0 Å². The molecule has 102 valence electrons. The van der Waals surface area contributed by atoms with Crippen LogP contribution in [0.1, 0.15) is 15.9 Å². The van der Waals surface area contributed by atoms with Crippen molar-refractivity contribution in [2.75, 3.05) is 7.11 Å². The van der Waals surface area contributed by atoms with Crippen LogP contribution in [0.25, 0.3) is 0 Å². The summed E-state index contributed by atoms with van der Waals surface area (Å²) < 4.78 is 6.00. The molecule has 0 aliphatic rings. The Labute approximate surface area is 124 Å². The Kier molecular flexibility index (Phi) is 4.84. The standard InChI is InChI=1S/C14H12BrN3O2/c1-20-13-7-11(15)4-5-12(13)14(19)18-17-9-10-3-2-6-16-8-10/h2-9H,1H3,(H,18,19)/b17-9+. The minimum absolute atomic E-state index is 0.338. The van der Waals surface area contributed by atoms with Gasteiger partial charge in [-0.15, -0.1) is 0 Å². The minimum atomic E-state index is -0.338. The molecule has 5 nitrogen and oxygen atoms in total. The predicted molar refractivity (Wildman–Crippen MR) is 80.0 cm³/mol. The molecule has 1 aromatic heterocycles. The van der Waals surface area contributed by atoms with E-state index in [0.717, 1.165) is 10.0 Å². The van der Waals surface area contributed by atoms with E-state index in [1.807, 2.05) is 6.07 Å². The Balaban J connectivity index is 2.07. The smallest absolute Gasteiger partial charge is 0.275 e. The molecular weight excluding hydrogens is 322 g/mol. The summed E-state index contributed by atoms with van der Waals surface area (Å²) in [4.78, 5) is 15.9. The van der Waals surface area contributed by atoms with Crippen molar-refractivity contribution in [2.24, 2.45) is 5.10 Å². The molecule has 1 amide bonds. The van der Waals surface area contributed by atoms with Crippen LogP contribution >= 0.6 is 15.9 Å². The zero-order valence-electron chi connectivity index (χ0n) is 10.7. The number of hydrogen-bond donors (Lipinski definition) is 1. The first-order valence-corrected chi connectivity index (χ1v) is 6.57. The van der Waals surface area contributed by atoms with E-state index in [9.17, 15) is 4.79 Å². The molecule has 20 heavy (non-hydrogen) atoms. The van der Waals surface area contributed by atoms with E-state index >= 15 is 0 Å². The lowest BCUT2D eigenvalue weighted by Crippen LogP contribution is -2.18. The van der Waals surface area contributed by atoms with Crippen LogP contribution in [0.15, 0.2) is 52.3 Å². The molecule has 0 fully saturated rings. The van der Waals surface area contributed by atoms with Crippen molar-refractivity contribution in [3.63, 3.8) is 0 Å². The van der Waals surface area contributed by atoms with Crippen LogP contribution in [0.5, 0.6) is 5.75 Å². The Hall–Kier alpha value is -2.21. The molecule has 0 saturated carbocycles. The van der Waals surface area contributed by atoms with Gasteiger partial charge in [0, 0.05) is 22.4 Å². The summed E-state index contributed by atoms with van der Waals surface area (Å²) in [5, 5.41) is 3.88. The highest BCUT2D eigenvalue weighted by Crippen LogP contribution is 2.23. The molecule has 0 atom stereocenters. The van der Waals surface area contributed by atoms with Crippen LogP contribution in [0.3, 0.4) is 0 Å². The third kappa shape index (κ3) is 3.64. The first-order valence-electron chi connectivity index (χ1n) is 5.77. The van der Waals surface area contributed by atoms with E-state index in [0.29, 0.717) is 11.3 Å². The highest BCUT2D eigenvalue weighted by atomic mass is 79.9. The lowest BCUT2D eigenvalue weighted by molar-refractivity contribution is 0.0952. The molecule has 1 N–H and O–H groups in total. The first-order chi connectivity index (χ1) is 9.70. The lowest BCUT2D eigenvalue weighted by Gasteiger charge is -2.07. The molecule has 0 bridgehead atoms. The second-order valence-corrected chi connectivity index (χ2v) is 4.75. The molecule has 6 heteroatoms. The molecule has 0 aliphatic carbocycles. The van der Waals surface area contributed by atoms with Gasteiger partial charge in [-0.2, -0.15) is 5.10 Å². The van der Waals surface area contributed by atoms with E-state index in [2.05, 4.69) is 31.4 Å². The molecule has 0 aliphatic heterocycles. The predicted octanol–water partition coefficient (Wildman–Crippen LogP) is 2.62. The van der Waals surface area contributed by atoms with Crippen molar-refractivity contribution in [3.8, 4) is 5.75 Å². The Morgan fingerprint density at radius 3 is 3.00 bits per heavy atom.